The van der Waals surface area contributed by atoms with Crippen molar-refractivity contribution in [3.8, 4) is 0 Å². The second-order valence-corrected chi connectivity index (χ2v) is 7.36. The van der Waals surface area contributed by atoms with Gasteiger partial charge in [-0.25, -0.2) is 8.42 Å². The number of sulfone groups is 1. The molecule has 1 aliphatic heterocycles. The van der Waals surface area contributed by atoms with Gasteiger partial charge in [0.1, 0.15) is 0 Å². The van der Waals surface area contributed by atoms with Gasteiger partial charge in [-0.2, -0.15) is 0 Å². The minimum atomic E-state index is -2.78. The zero-order valence-electron chi connectivity index (χ0n) is 12.6. The maximum atomic E-state index is 11.3. The Labute approximate surface area is 139 Å². The van der Waals surface area contributed by atoms with E-state index < -0.39 is 9.84 Å². The highest BCUT2D eigenvalue weighted by atomic mass is 127. The molecule has 0 aliphatic carbocycles. The molecule has 1 fully saturated rings. The molecule has 0 radical (unpaired) electrons. The molecule has 0 spiro atoms. The fraction of sp³-hybridized carbons (Fsp3) is 0.917. The summed E-state index contributed by atoms with van der Waals surface area (Å²) in [6, 6.07) is 0.345. The van der Waals surface area contributed by atoms with Crippen molar-refractivity contribution in [3.05, 3.63) is 0 Å². The van der Waals surface area contributed by atoms with Crippen molar-refractivity contribution >= 4 is 39.8 Å². The molecule has 1 saturated heterocycles. The summed E-state index contributed by atoms with van der Waals surface area (Å²) in [6.45, 7) is 9.77. The number of guanidine groups is 1. The first-order chi connectivity index (χ1) is 8.93. The maximum absolute atomic E-state index is 11.3. The second-order valence-electron chi connectivity index (χ2n) is 5.05. The lowest BCUT2D eigenvalue weighted by Gasteiger charge is -2.25. The van der Waals surface area contributed by atoms with Crippen molar-refractivity contribution in [3.63, 3.8) is 0 Å². The summed E-state index contributed by atoms with van der Waals surface area (Å²) in [5.74, 6) is 1.38. The van der Waals surface area contributed by atoms with Crippen LogP contribution < -0.4 is 10.6 Å². The van der Waals surface area contributed by atoms with Crippen LogP contribution in [0.2, 0.25) is 0 Å². The Morgan fingerprint density at radius 2 is 1.90 bits per heavy atom. The molecule has 120 valence electrons. The van der Waals surface area contributed by atoms with Crippen molar-refractivity contribution < 1.29 is 8.42 Å². The highest BCUT2D eigenvalue weighted by Gasteiger charge is 2.20. The van der Waals surface area contributed by atoms with Crippen LogP contribution >= 0.6 is 24.0 Å². The SMILES string of the molecule is CCNC(=NCCN1CCS(=O)(=O)CC1)NC(C)C.I. The van der Waals surface area contributed by atoms with E-state index in [0.717, 1.165) is 19.0 Å². The summed E-state index contributed by atoms with van der Waals surface area (Å²) < 4.78 is 22.6. The van der Waals surface area contributed by atoms with Gasteiger partial charge in [-0.1, -0.05) is 0 Å². The van der Waals surface area contributed by atoms with E-state index in [1.807, 2.05) is 6.92 Å². The van der Waals surface area contributed by atoms with Gasteiger partial charge in [0.15, 0.2) is 15.8 Å². The molecule has 0 bridgehead atoms. The molecule has 0 unspecified atom stereocenters. The molecule has 1 rings (SSSR count). The highest BCUT2D eigenvalue weighted by molar-refractivity contribution is 14.0. The van der Waals surface area contributed by atoms with Gasteiger partial charge in [0, 0.05) is 32.2 Å². The van der Waals surface area contributed by atoms with Crippen LogP contribution in [0.3, 0.4) is 0 Å². The second kappa shape index (κ2) is 9.78. The number of hydrogen-bond acceptors (Lipinski definition) is 4. The molecule has 2 N–H and O–H groups in total. The Bertz CT molecular complexity index is 384. The van der Waals surface area contributed by atoms with E-state index >= 15 is 0 Å². The lowest BCUT2D eigenvalue weighted by atomic mass is 10.4. The lowest BCUT2D eigenvalue weighted by molar-refractivity contribution is 0.304. The monoisotopic (exact) mass is 418 g/mol. The third-order valence-corrected chi connectivity index (χ3v) is 4.50. The highest BCUT2D eigenvalue weighted by Crippen LogP contribution is 2.02. The van der Waals surface area contributed by atoms with Crippen LogP contribution in [0, 0.1) is 0 Å². The summed E-state index contributed by atoms with van der Waals surface area (Å²) in [6.07, 6.45) is 0. The standard InChI is InChI=1S/C12H26N4O2S.HI/c1-4-13-12(15-11(2)3)14-5-6-16-7-9-19(17,18)10-8-16;/h11H,4-10H2,1-3H3,(H2,13,14,15);1H. The third-order valence-electron chi connectivity index (χ3n) is 2.89. The van der Waals surface area contributed by atoms with Gasteiger partial charge in [0.05, 0.1) is 18.1 Å². The third kappa shape index (κ3) is 8.25. The molecular formula is C12H27IN4O2S. The predicted molar refractivity (Wildman–Crippen MR) is 94.8 cm³/mol. The van der Waals surface area contributed by atoms with Crippen LogP contribution in [0.5, 0.6) is 0 Å². The van der Waals surface area contributed by atoms with Crippen LogP contribution in [-0.2, 0) is 9.84 Å². The Balaban J connectivity index is 0.00000361. The summed E-state index contributed by atoms with van der Waals surface area (Å²) >= 11 is 0. The largest absolute Gasteiger partial charge is 0.357 e. The van der Waals surface area contributed by atoms with Crippen molar-refractivity contribution in [2.24, 2.45) is 4.99 Å². The summed E-state index contributed by atoms with van der Waals surface area (Å²) in [7, 11) is -2.78. The molecule has 0 aromatic heterocycles. The first-order valence-electron chi connectivity index (χ1n) is 6.90. The topological polar surface area (TPSA) is 73.8 Å². The average Bonchev–Trinajstić information content (AvgIpc) is 2.31. The minimum absolute atomic E-state index is 0. The van der Waals surface area contributed by atoms with Crippen molar-refractivity contribution in [1.29, 1.82) is 0 Å². The van der Waals surface area contributed by atoms with Crippen molar-refractivity contribution in [2.75, 3.05) is 44.2 Å². The van der Waals surface area contributed by atoms with Crippen LogP contribution in [0.15, 0.2) is 4.99 Å². The van der Waals surface area contributed by atoms with Crippen LogP contribution in [0.1, 0.15) is 20.8 Å². The molecular weight excluding hydrogens is 391 g/mol. The van der Waals surface area contributed by atoms with Gasteiger partial charge in [0.2, 0.25) is 0 Å². The van der Waals surface area contributed by atoms with E-state index in [0.29, 0.717) is 25.7 Å². The van der Waals surface area contributed by atoms with Gasteiger partial charge in [0.25, 0.3) is 0 Å². The van der Waals surface area contributed by atoms with E-state index in [-0.39, 0.29) is 35.5 Å². The Morgan fingerprint density at radius 1 is 1.30 bits per heavy atom. The number of hydrogen-bond donors (Lipinski definition) is 2. The summed E-state index contributed by atoms with van der Waals surface area (Å²) in [5.41, 5.74) is 0. The van der Waals surface area contributed by atoms with Gasteiger partial charge in [-0.05, 0) is 20.8 Å². The van der Waals surface area contributed by atoms with E-state index in [2.05, 4.69) is 34.4 Å². The normalized spacial score (nSPS) is 19.5. The predicted octanol–water partition coefficient (Wildman–Crippen LogP) is 0.298. The van der Waals surface area contributed by atoms with Crippen LogP contribution in [-0.4, -0.2) is 69.5 Å². The molecule has 0 aromatic rings. The van der Waals surface area contributed by atoms with Gasteiger partial charge >= 0.3 is 0 Å². The van der Waals surface area contributed by atoms with Gasteiger partial charge in [-0.3, -0.25) is 9.89 Å². The first kappa shape index (κ1) is 19.9. The molecule has 0 atom stereocenters. The van der Waals surface area contributed by atoms with E-state index in [1.54, 1.807) is 0 Å². The van der Waals surface area contributed by atoms with Crippen molar-refractivity contribution in [1.82, 2.24) is 15.5 Å². The first-order valence-corrected chi connectivity index (χ1v) is 8.72. The van der Waals surface area contributed by atoms with Crippen LogP contribution in [0.25, 0.3) is 0 Å². The molecule has 1 heterocycles. The number of rotatable bonds is 5. The van der Waals surface area contributed by atoms with Gasteiger partial charge < -0.3 is 10.6 Å². The smallest absolute Gasteiger partial charge is 0.191 e. The van der Waals surface area contributed by atoms with E-state index in [9.17, 15) is 8.42 Å². The Morgan fingerprint density at radius 3 is 2.40 bits per heavy atom. The molecule has 0 aromatic carbocycles. The molecule has 0 amide bonds. The summed E-state index contributed by atoms with van der Waals surface area (Å²) in [4.78, 5) is 6.64. The fourth-order valence-electron chi connectivity index (χ4n) is 1.87. The van der Waals surface area contributed by atoms with E-state index in [4.69, 9.17) is 0 Å². The molecule has 6 nitrogen and oxygen atoms in total. The Hall–Kier alpha value is -0.0900. The molecule has 0 saturated carbocycles. The number of nitrogens with one attached hydrogen (secondary N) is 2. The van der Waals surface area contributed by atoms with E-state index in [1.165, 1.54) is 0 Å². The lowest BCUT2D eigenvalue weighted by Crippen LogP contribution is -2.43. The minimum Gasteiger partial charge on any atom is -0.357 e. The fourth-order valence-corrected chi connectivity index (χ4v) is 3.15. The molecule has 8 heteroatoms. The van der Waals surface area contributed by atoms with Crippen molar-refractivity contribution in [2.45, 2.75) is 26.8 Å². The quantitative estimate of drug-likeness (QED) is 0.382. The summed E-state index contributed by atoms with van der Waals surface area (Å²) in [5, 5.41) is 6.45. The zero-order valence-corrected chi connectivity index (χ0v) is 15.7. The molecule has 1 aliphatic rings. The average molecular weight is 418 g/mol. The number of aliphatic imine (C=N–C) groups is 1. The van der Waals surface area contributed by atoms with Gasteiger partial charge in [-0.15, -0.1) is 24.0 Å². The zero-order chi connectivity index (χ0) is 14.3. The Kier molecular flexibility index (Phi) is 9.73. The maximum Gasteiger partial charge on any atom is 0.191 e. The van der Waals surface area contributed by atoms with Crippen LogP contribution in [0.4, 0.5) is 0 Å². The number of halogens is 1. The number of nitrogens with zero attached hydrogens (tertiary/aromatic N) is 2. The molecule has 20 heavy (non-hydrogen) atoms.